The first-order chi connectivity index (χ1) is 8.89. The summed E-state index contributed by atoms with van der Waals surface area (Å²) in [5.41, 5.74) is -0.789. The Morgan fingerprint density at radius 2 is 1.89 bits per heavy atom. The molecule has 0 aromatic carbocycles. The Hall–Kier alpha value is -0.650. The Morgan fingerprint density at radius 1 is 1.26 bits per heavy atom. The van der Waals surface area contributed by atoms with E-state index in [9.17, 15) is 9.90 Å². The Bertz CT molecular complexity index is 349. The molecule has 1 heterocycles. The topological polar surface area (TPSA) is 67.8 Å². The fourth-order valence-corrected chi connectivity index (χ4v) is 3.47. The maximum Gasteiger partial charge on any atom is 0.220 e. The molecule has 1 atom stereocenters. The molecule has 0 aromatic rings. The monoisotopic (exact) mass is 271 g/mol. The summed E-state index contributed by atoms with van der Waals surface area (Å²) in [6, 6.07) is 0. The van der Waals surface area contributed by atoms with Crippen molar-refractivity contribution in [3.05, 3.63) is 0 Å². The van der Waals surface area contributed by atoms with E-state index >= 15 is 0 Å². The van der Waals surface area contributed by atoms with Crippen molar-refractivity contribution < 1.29 is 19.4 Å². The molecule has 5 nitrogen and oxygen atoms in total. The molecule has 2 fully saturated rings. The summed E-state index contributed by atoms with van der Waals surface area (Å²) >= 11 is 0. The Kier molecular flexibility index (Phi) is 3.91. The minimum Gasteiger partial charge on any atom is -0.394 e. The van der Waals surface area contributed by atoms with E-state index in [-0.39, 0.29) is 17.9 Å². The zero-order valence-electron chi connectivity index (χ0n) is 12.1. The van der Waals surface area contributed by atoms with E-state index in [0.29, 0.717) is 38.9 Å². The quantitative estimate of drug-likeness (QED) is 0.809. The number of aliphatic hydroxyl groups is 1. The van der Waals surface area contributed by atoms with Crippen LogP contribution in [0.2, 0.25) is 0 Å². The maximum atomic E-state index is 11.7. The molecule has 0 aromatic heterocycles. The van der Waals surface area contributed by atoms with Crippen LogP contribution in [0.25, 0.3) is 0 Å². The van der Waals surface area contributed by atoms with Crippen molar-refractivity contribution in [2.24, 2.45) is 5.41 Å². The first kappa shape index (κ1) is 14.8. The lowest BCUT2D eigenvalue weighted by atomic mass is 9.64. The van der Waals surface area contributed by atoms with Crippen molar-refractivity contribution in [2.75, 3.05) is 19.8 Å². The highest BCUT2D eigenvalue weighted by atomic mass is 16.7. The van der Waals surface area contributed by atoms with E-state index in [2.05, 4.69) is 19.2 Å². The average Bonchev–Trinajstić information content (AvgIpc) is 2.84. The number of aliphatic hydroxyl groups excluding tert-OH is 1. The highest BCUT2D eigenvalue weighted by Gasteiger charge is 2.57. The molecule has 1 aliphatic carbocycles. The number of carbonyl (C=O) groups excluding carboxylic acids is 1. The third kappa shape index (κ3) is 2.51. The van der Waals surface area contributed by atoms with E-state index < -0.39 is 11.3 Å². The lowest BCUT2D eigenvalue weighted by Crippen LogP contribution is -2.62. The molecule has 1 saturated carbocycles. The SMILES string of the molecule is CCC(=O)NC1(CO)CCC2(OCCO2)C(C)(C)C1. The molecular weight excluding hydrogens is 246 g/mol. The van der Waals surface area contributed by atoms with Crippen molar-refractivity contribution in [3.8, 4) is 0 Å². The van der Waals surface area contributed by atoms with Gasteiger partial charge in [-0.25, -0.2) is 0 Å². The molecule has 5 heteroatoms. The fourth-order valence-electron chi connectivity index (χ4n) is 3.47. The Balaban J connectivity index is 2.17. The second-order valence-corrected chi connectivity index (χ2v) is 6.35. The summed E-state index contributed by atoms with van der Waals surface area (Å²) < 4.78 is 11.7. The number of carbonyl (C=O) groups is 1. The summed E-state index contributed by atoms with van der Waals surface area (Å²) in [5.74, 6) is -0.572. The summed E-state index contributed by atoms with van der Waals surface area (Å²) in [6.45, 7) is 7.19. The van der Waals surface area contributed by atoms with E-state index in [1.807, 2.05) is 6.92 Å². The van der Waals surface area contributed by atoms with Gasteiger partial charge in [0.05, 0.1) is 25.4 Å². The van der Waals surface area contributed by atoms with Crippen LogP contribution in [-0.4, -0.2) is 42.2 Å². The zero-order valence-corrected chi connectivity index (χ0v) is 12.1. The fraction of sp³-hybridized carbons (Fsp3) is 0.929. The number of hydrogen-bond donors (Lipinski definition) is 2. The summed E-state index contributed by atoms with van der Waals surface area (Å²) in [5, 5.41) is 12.7. The molecule has 1 spiro atoms. The van der Waals surface area contributed by atoms with Crippen LogP contribution in [0.3, 0.4) is 0 Å². The molecule has 110 valence electrons. The second kappa shape index (κ2) is 5.04. The summed E-state index contributed by atoms with van der Waals surface area (Å²) in [7, 11) is 0. The van der Waals surface area contributed by atoms with Crippen molar-refractivity contribution in [3.63, 3.8) is 0 Å². The van der Waals surface area contributed by atoms with Crippen molar-refractivity contribution >= 4 is 5.91 Å². The van der Waals surface area contributed by atoms with Crippen LogP contribution >= 0.6 is 0 Å². The van der Waals surface area contributed by atoms with Gasteiger partial charge in [-0.2, -0.15) is 0 Å². The Labute approximate surface area is 114 Å². The number of amides is 1. The van der Waals surface area contributed by atoms with Crippen LogP contribution < -0.4 is 5.32 Å². The van der Waals surface area contributed by atoms with Gasteiger partial charge in [0.2, 0.25) is 5.91 Å². The number of rotatable bonds is 3. The number of hydrogen-bond acceptors (Lipinski definition) is 4. The van der Waals surface area contributed by atoms with Crippen molar-refractivity contribution in [1.29, 1.82) is 0 Å². The van der Waals surface area contributed by atoms with Crippen LogP contribution in [0.15, 0.2) is 0 Å². The molecule has 19 heavy (non-hydrogen) atoms. The van der Waals surface area contributed by atoms with Crippen LogP contribution in [0.1, 0.15) is 46.5 Å². The molecule has 0 radical (unpaired) electrons. The molecule has 1 aliphatic heterocycles. The van der Waals surface area contributed by atoms with Gasteiger partial charge in [-0.05, 0) is 12.8 Å². The molecule has 1 unspecified atom stereocenters. The third-order valence-corrected chi connectivity index (χ3v) is 4.53. The van der Waals surface area contributed by atoms with Crippen LogP contribution in [-0.2, 0) is 14.3 Å². The summed E-state index contributed by atoms with van der Waals surface area (Å²) in [4.78, 5) is 11.7. The predicted molar refractivity (Wildman–Crippen MR) is 70.5 cm³/mol. The van der Waals surface area contributed by atoms with Gasteiger partial charge in [-0.3, -0.25) is 4.79 Å². The molecular formula is C14H25NO4. The maximum absolute atomic E-state index is 11.7. The van der Waals surface area contributed by atoms with Gasteiger partial charge in [0.25, 0.3) is 0 Å². The highest BCUT2D eigenvalue weighted by Crippen LogP contribution is 2.51. The standard InChI is InChI=1S/C14H25NO4/c1-4-11(17)15-13(10-16)5-6-14(12(2,3)9-13)18-7-8-19-14/h16H,4-10H2,1-3H3,(H,15,17). The first-order valence-corrected chi connectivity index (χ1v) is 7.08. The van der Waals surface area contributed by atoms with Crippen molar-refractivity contribution in [1.82, 2.24) is 5.32 Å². The minimum absolute atomic E-state index is 0.0194. The van der Waals surface area contributed by atoms with Crippen LogP contribution in [0.5, 0.6) is 0 Å². The van der Waals surface area contributed by atoms with E-state index in [0.717, 1.165) is 0 Å². The van der Waals surface area contributed by atoms with Gasteiger partial charge in [0.15, 0.2) is 5.79 Å². The number of nitrogens with one attached hydrogen (secondary N) is 1. The van der Waals surface area contributed by atoms with Crippen molar-refractivity contribution in [2.45, 2.75) is 57.8 Å². The minimum atomic E-state index is -0.553. The molecule has 1 amide bonds. The van der Waals surface area contributed by atoms with Gasteiger partial charge in [0.1, 0.15) is 0 Å². The molecule has 2 rings (SSSR count). The first-order valence-electron chi connectivity index (χ1n) is 7.08. The smallest absolute Gasteiger partial charge is 0.220 e. The van der Waals surface area contributed by atoms with E-state index in [1.165, 1.54) is 0 Å². The summed E-state index contributed by atoms with van der Waals surface area (Å²) in [6.07, 6.45) is 2.46. The van der Waals surface area contributed by atoms with Gasteiger partial charge < -0.3 is 19.9 Å². The van der Waals surface area contributed by atoms with E-state index in [4.69, 9.17) is 9.47 Å². The average molecular weight is 271 g/mol. The van der Waals surface area contributed by atoms with Gasteiger partial charge in [0, 0.05) is 18.3 Å². The molecule has 0 bridgehead atoms. The zero-order chi connectivity index (χ0) is 14.1. The Morgan fingerprint density at radius 3 is 2.37 bits per heavy atom. The second-order valence-electron chi connectivity index (χ2n) is 6.35. The molecule has 1 saturated heterocycles. The van der Waals surface area contributed by atoms with Gasteiger partial charge in [-0.15, -0.1) is 0 Å². The normalized spacial score (nSPS) is 32.4. The molecule has 2 aliphatic rings. The van der Waals surface area contributed by atoms with Crippen LogP contribution in [0.4, 0.5) is 0 Å². The largest absolute Gasteiger partial charge is 0.394 e. The van der Waals surface area contributed by atoms with E-state index in [1.54, 1.807) is 0 Å². The molecule has 2 N–H and O–H groups in total. The van der Waals surface area contributed by atoms with Gasteiger partial charge in [-0.1, -0.05) is 20.8 Å². The third-order valence-electron chi connectivity index (χ3n) is 4.53. The van der Waals surface area contributed by atoms with Crippen LogP contribution in [0, 0.1) is 5.41 Å². The number of ether oxygens (including phenoxy) is 2. The van der Waals surface area contributed by atoms with Gasteiger partial charge >= 0.3 is 0 Å². The lowest BCUT2D eigenvalue weighted by molar-refractivity contribution is -0.257. The predicted octanol–water partition coefficient (Wildman–Crippen LogP) is 1.20. The lowest BCUT2D eigenvalue weighted by Gasteiger charge is -2.53. The highest BCUT2D eigenvalue weighted by molar-refractivity contribution is 5.76.